The summed E-state index contributed by atoms with van der Waals surface area (Å²) >= 11 is 0. The van der Waals surface area contributed by atoms with Crippen LogP contribution in [0, 0.1) is 39.9 Å². The lowest BCUT2D eigenvalue weighted by Crippen LogP contribution is -2.64. The summed E-state index contributed by atoms with van der Waals surface area (Å²) in [6, 6.07) is 0. The van der Waals surface area contributed by atoms with E-state index in [1.807, 2.05) is 13.8 Å². The molecular weight excluding hydrogens is 340 g/mol. The highest BCUT2D eigenvalue weighted by atomic mass is 16.7. The predicted octanol–water partition coefficient (Wildman–Crippen LogP) is 5.35. The number of rotatable bonds is 1. The standard InChI is InChI=1S/C23H40O4/c1-13-11-21(8)19(4,5)12-16-17(15(3)22(21,9)14(13)2)23(10,18(24)25)27-20(6,7)26-16/h13-17H,11-12H2,1-10H3,(H,24,25)/t13?,14?,15?,16-,17?,21?,22?,23-/m0/s1. The van der Waals surface area contributed by atoms with E-state index in [0.717, 1.165) is 6.42 Å². The molecule has 8 atom stereocenters. The van der Waals surface area contributed by atoms with Crippen molar-refractivity contribution in [3.8, 4) is 0 Å². The first-order valence-corrected chi connectivity index (χ1v) is 10.6. The fraction of sp³-hybridized carbons (Fsp3) is 0.957. The van der Waals surface area contributed by atoms with Gasteiger partial charge in [0.25, 0.3) is 0 Å². The lowest BCUT2D eigenvalue weighted by atomic mass is 9.49. The molecule has 0 aromatic carbocycles. The van der Waals surface area contributed by atoms with Crippen molar-refractivity contribution in [3.63, 3.8) is 0 Å². The summed E-state index contributed by atoms with van der Waals surface area (Å²) < 4.78 is 12.6. The zero-order chi connectivity index (χ0) is 20.8. The highest BCUT2D eigenvalue weighted by Crippen LogP contribution is 2.73. The quantitative estimate of drug-likeness (QED) is 0.666. The number of carbonyl (C=O) groups is 1. The van der Waals surface area contributed by atoms with Crippen LogP contribution in [0.4, 0.5) is 0 Å². The minimum Gasteiger partial charge on any atom is -0.479 e. The van der Waals surface area contributed by atoms with Crippen molar-refractivity contribution in [2.75, 3.05) is 0 Å². The monoisotopic (exact) mass is 380 g/mol. The van der Waals surface area contributed by atoms with Crippen LogP contribution in [-0.4, -0.2) is 28.6 Å². The molecule has 1 N–H and O–H groups in total. The van der Waals surface area contributed by atoms with Crippen LogP contribution in [0.15, 0.2) is 0 Å². The molecule has 2 saturated carbocycles. The Kier molecular flexibility index (Phi) is 4.47. The first kappa shape index (κ1) is 21.1. The Morgan fingerprint density at radius 1 is 0.926 bits per heavy atom. The lowest BCUT2D eigenvalue weighted by molar-refractivity contribution is -0.356. The maximum Gasteiger partial charge on any atom is 0.336 e. The zero-order valence-corrected chi connectivity index (χ0v) is 19.0. The number of ether oxygens (including phenoxy) is 2. The normalized spacial score (nSPS) is 53.9. The summed E-state index contributed by atoms with van der Waals surface area (Å²) in [4.78, 5) is 12.5. The van der Waals surface area contributed by atoms with Crippen molar-refractivity contribution < 1.29 is 19.4 Å². The van der Waals surface area contributed by atoms with Gasteiger partial charge in [0, 0.05) is 5.92 Å². The van der Waals surface area contributed by atoms with E-state index in [-0.39, 0.29) is 34.2 Å². The van der Waals surface area contributed by atoms with Crippen LogP contribution in [-0.2, 0) is 14.3 Å². The number of fused-ring (bicyclic) bond motifs is 2. The smallest absolute Gasteiger partial charge is 0.336 e. The van der Waals surface area contributed by atoms with E-state index in [9.17, 15) is 9.90 Å². The highest BCUT2D eigenvalue weighted by molar-refractivity contribution is 5.78. The zero-order valence-electron chi connectivity index (χ0n) is 19.0. The van der Waals surface area contributed by atoms with Crippen molar-refractivity contribution in [1.29, 1.82) is 0 Å². The molecule has 4 heteroatoms. The molecule has 0 bridgehead atoms. The Morgan fingerprint density at radius 3 is 2.00 bits per heavy atom. The molecule has 0 aromatic rings. The molecule has 3 rings (SSSR count). The fourth-order valence-corrected chi connectivity index (χ4v) is 7.71. The van der Waals surface area contributed by atoms with Gasteiger partial charge in [0.05, 0.1) is 6.10 Å². The van der Waals surface area contributed by atoms with Gasteiger partial charge in [0.2, 0.25) is 0 Å². The molecule has 0 spiro atoms. The van der Waals surface area contributed by atoms with Gasteiger partial charge in [-0.25, -0.2) is 4.79 Å². The molecule has 4 nitrogen and oxygen atoms in total. The first-order valence-electron chi connectivity index (χ1n) is 10.6. The second kappa shape index (κ2) is 5.72. The second-order valence-electron chi connectivity index (χ2n) is 11.6. The Morgan fingerprint density at radius 2 is 1.48 bits per heavy atom. The van der Waals surface area contributed by atoms with E-state index in [1.54, 1.807) is 6.92 Å². The van der Waals surface area contributed by atoms with Gasteiger partial charge in [0.15, 0.2) is 11.4 Å². The summed E-state index contributed by atoms with van der Waals surface area (Å²) in [6.45, 7) is 22.1. The van der Waals surface area contributed by atoms with E-state index >= 15 is 0 Å². The van der Waals surface area contributed by atoms with Crippen LogP contribution in [0.3, 0.4) is 0 Å². The maximum absolute atomic E-state index is 12.5. The van der Waals surface area contributed by atoms with Gasteiger partial charge < -0.3 is 14.6 Å². The van der Waals surface area contributed by atoms with Crippen molar-refractivity contribution in [1.82, 2.24) is 0 Å². The SMILES string of the molecule is CC1CC2(C)C(C)(C)C[C@@H]3OC(C)(C)O[C@](C)(C(=O)O)C3C(C)C2(C)C1C. The van der Waals surface area contributed by atoms with Crippen LogP contribution in [0.2, 0.25) is 0 Å². The molecule has 0 amide bonds. The number of aliphatic carboxylic acids is 1. The van der Waals surface area contributed by atoms with Crippen LogP contribution < -0.4 is 0 Å². The van der Waals surface area contributed by atoms with Crippen molar-refractivity contribution >= 4 is 5.97 Å². The first-order chi connectivity index (χ1) is 12.0. The highest BCUT2D eigenvalue weighted by Gasteiger charge is 2.71. The van der Waals surface area contributed by atoms with E-state index in [4.69, 9.17) is 9.47 Å². The Labute approximate surface area is 165 Å². The van der Waals surface area contributed by atoms with Crippen LogP contribution in [0.5, 0.6) is 0 Å². The average Bonchev–Trinajstić information content (AvgIpc) is 2.64. The van der Waals surface area contributed by atoms with Gasteiger partial charge in [-0.15, -0.1) is 0 Å². The fourth-order valence-electron chi connectivity index (χ4n) is 7.71. The summed E-state index contributed by atoms with van der Waals surface area (Å²) in [5.41, 5.74) is -1.08. The van der Waals surface area contributed by atoms with E-state index in [2.05, 4.69) is 48.5 Å². The van der Waals surface area contributed by atoms with Gasteiger partial charge in [-0.1, -0.05) is 48.5 Å². The van der Waals surface area contributed by atoms with Gasteiger partial charge in [-0.05, 0) is 67.6 Å². The Balaban J connectivity index is 2.24. The molecule has 0 aromatic heterocycles. The van der Waals surface area contributed by atoms with Crippen molar-refractivity contribution in [2.24, 2.45) is 39.9 Å². The molecule has 2 aliphatic carbocycles. The molecule has 3 aliphatic rings. The minimum atomic E-state index is -1.25. The number of hydrogen-bond acceptors (Lipinski definition) is 3. The molecule has 27 heavy (non-hydrogen) atoms. The lowest BCUT2D eigenvalue weighted by Gasteiger charge is -2.56. The summed E-state index contributed by atoms with van der Waals surface area (Å²) in [5.74, 6) is -0.637. The van der Waals surface area contributed by atoms with Crippen LogP contribution in [0.25, 0.3) is 0 Å². The Bertz CT molecular complexity index is 640. The summed E-state index contributed by atoms with van der Waals surface area (Å²) in [7, 11) is 0. The molecular formula is C23H40O4. The van der Waals surface area contributed by atoms with E-state index < -0.39 is 17.4 Å². The molecule has 0 radical (unpaired) electrons. The van der Waals surface area contributed by atoms with Crippen LogP contribution in [0.1, 0.15) is 82.1 Å². The third-order valence-corrected chi connectivity index (χ3v) is 9.76. The molecule has 1 aliphatic heterocycles. The van der Waals surface area contributed by atoms with Crippen LogP contribution >= 0.6 is 0 Å². The van der Waals surface area contributed by atoms with E-state index in [0.29, 0.717) is 11.8 Å². The van der Waals surface area contributed by atoms with Crippen molar-refractivity contribution in [2.45, 2.75) is 99.6 Å². The molecule has 6 unspecified atom stereocenters. The predicted molar refractivity (Wildman–Crippen MR) is 106 cm³/mol. The molecule has 1 saturated heterocycles. The second-order valence-corrected chi connectivity index (χ2v) is 11.6. The van der Waals surface area contributed by atoms with Gasteiger partial charge >= 0.3 is 5.97 Å². The minimum absolute atomic E-state index is 0.0141. The summed E-state index contributed by atoms with van der Waals surface area (Å²) in [5, 5.41) is 10.2. The number of carboxylic acids is 1. The molecule has 3 fully saturated rings. The van der Waals surface area contributed by atoms with Gasteiger partial charge in [-0.2, -0.15) is 0 Å². The number of hydrogen-bond donors (Lipinski definition) is 1. The topological polar surface area (TPSA) is 55.8 Å². The molecule has 1 heterocycles. The third kappa shape index (κ3) is 2.51. The van der Waals surface area contributed by atoms with Gasteiger partial charge in [-0.3, -0.25) is 0 Å². The summed E-state index contributed by atoms with van der Waals surface area (Å²) in [6.07, 6.45) is 1.92. The number of carboxylic acid groups (broad SMARTS) is 1. The molecule has 156 valence electrons. The van der Waals surface area contributed by atoms with Crippen molar-refractivity contribution in [3.05, 3.63) is 0 Å². The largest absolute Gasteiger partial charge is 0.479 e. The van der Waals surface area contributed by atoms with E-state index in [1.165, 1.54) is 6.42 Å². The third-order valence-electron chi connectivity index (χ3n) is 9.76. The Hall–Kier alpha value is -0.610. The maximum atomic E-state index is 12.5. The average molecular weight is 381 g/mol. The van der Waals surface area contributed by atoms with Gasteiger partial charge in [0.1, 0.15) is 0 Å².